The van der Waals surface area contributed by atoms with Crippen molar-refractivity contribution in [2.24, 2.45) is 10.7 Å². The van der Waals surface area contributed by atoms with Gasteiger partial charge in [-0.2, -0.15) is 0 Å². The van der Waals surface area contributed by atoms with Crippen LogP contribution in [0.25, 0.3) is 0 Å². The lowest BCUT2D eigenvalue weighted by atomic mass is 10.1. The van der Waals surface area contributed by atoms with E-state index in [9.17, 15) is 4.79 Å². The van der Waals surface area contributed by atoms with Gasteiger partial charge in [0.15, 0.2) is 5.96 Å². The normalized spacial score (nSPS) is 20.5. The largest absolute Gasteiger partial charge is 0.367 e. The first-order valence-electron chi connectivity index (χ1n) is 9.11. The Bertz CT molecular complexity index is 571. The zero-order chi connectivity index (χ0) is 18.1. The van der Waals surface area contributed by atoms with Gasteiger partial charge in [-0.15, -0.1) is 0 Å². The zero-order valence-electron chi connectivity index (χ0n) is 15.3. The molecule has 0 spiro atoms. The van der Waals surface area contributed by atoms with Crippen LogP contribution in [0, 0.1) is 6.92 Å². The van der Waals surface area contributed by atoms with Crippen molar-refractivity contribution in [1.82, 2.24) is 10.6 Å². The number of primary amides is 1. The van der Waals surface area contributed by atoms with E-state index >= 15 is 0 Å². The van der Waals surface area contributed by atoms with Crippen molar-refractivity contribution in [2.75, 3.05) is 13.1 Å². The molecule has 1 aromatic carbocycles. The van der Waals surface area contributed by atoms with Crippen LogP contribution in [0.1, 0.15) is 43.7 Å². The maximum atomic E-state index is 11.2. The molecule has 1 fully saturated rings. The highest BCUT2D eigenvalue weighted by Crippen LogP contribution is 2.18. The fraction of sp³-hybridized carbons (Fsp3) is 0.579. The molecule has 6 heteroatoms. The van der Waals surface area contributed by atoms with Crippen LogP contribution >= 0.6 is 0 Å². The Hall–Kier alpha value is -2.08. The van der Waals surface area contributed by atoms with E-state index in [4.69, 9.17) is 10.5 Å². The number of amides is 1. The molecule has 2 rings (SSSR count). The maximum Gasteiger partial charge on any atom is 0.246 e. The quantitative estimate of drug-likeness (QED) is 0.381. The maximum absolute atomic E-state index is 11.2. The van der Waals surface area contributed by atoms with Crippen LogP contribution in [-0.4, -0.2) is 37.2 Å². The first kappa shape index (κ1) is 19.2. The average molecular weight is 346 g/mol. The Balaban J connectivity index is 1.87. The summed E-state index contributed by atoms with van der Waals surface area (Å²) in [5.41, 5.74) is 7.72. The van der Waals surface area contributed by atoms with E-state index in [0.717, 1.165) is 31.8 Å². The van der Waals surface area contributed by atoms with Gasteiger partial charge in [-0.1, -0.05) is 43.2 Å². The molecular weight excluding hydrogens is 316 g/mol. The molecule has 0 aliphatic carbocycles. The molecule has 0 bridgehead atoms. The number of guanidine groups is 1. The Kier molecular flexibility index (Phi) is 7.73. The molecular formula is C19H30N4O2. The number of ether oxygens (including phenoxy) is 1. The lowest BCUT2D eigenvalue weighted by Gasteiger charge is -2.16. The molecule has 0 aromatic heterocycles. The molecule has 1 amide bonds. The molecule has 0 saturated carbocycles. The third-order valence-corrected chi connectivity index (χ3v) is 4.29. The second-order valence-electron chi connectivity index (χ2n) is 6.54. The lowest BCUT2D eigenvalue weighted by molar-refractivity contribution is -0.128. The molecule has 4 N–H and O–H groups in total. The number of nitrogens with two attached hydrogens (primary N) is 1. The van der Waals surface area contributed by atoms with Crippen LogP contribution in [0.2, 0.25) is 0 Å². The minimum Gasteiger partial charge on any atom is -0.367 e. The molecule has 1 aliphatic rings. The summed E-state index contributed by atoms with van der Waals surface area (Å²) in [5.74, 6) is 0.400. The van der Waals surface area contributed by atoms with E-state index < -0.39 is 6.10 Å². The molecule has 0 radical (unpaired) electrons. The number of rotatable bonds is 8. The molecule has 2 atom stereocenters. The number of carbonyl (C=O) groups is 1. The second kappa shape index (κ2) is 10.0. The fourth-order valence-electron chi connectivity index (χ4n) is 2.70. The summed E-state index contributed by atoms with van der Waals surface area (Å²) >= 11 is 0. The van der Waals surface area contributed by atoms with E-state index in [-0.39, 0.29) is 12.0 Å². The van der Waals surface area contributed by atoms with E-state index in [1.807, 2.05) is 0 Å². The number of unbranched alkanes of at least 4 members (excludes halogenated alkanes) is 1. The van der Waals surface area contributed by atoms with Crippen molar-refractivity contribution in [3.63, 3.8) is 0 Å². The van der Waals surface area contributed by atoms with Gasteiger partial charge >= 0.3 is 0 Å². The van der Waals surface area contributed by atoms with Crippen molar-refractivity contribution in [3.8, 4) is 0 Å². The van der Waals surface area contributed by atoms with E-state index in [2.05, 4.69) is 53.7 Å². The first-order chi connectivity index (χ1) is 12.1. The molecule has 6 nitrogen and oxygen atoms in total. The van der Waals surface area contributed by atoms with Crippen molar-refractivity contribution >= 4 is 11.9 Å². The van der Waals surface area contributed by atoms with E-state index in [0.29, 0.717) is 19.5 Å². The smallest absolute Gasteiger partial charge is 0.246 e. The molecule has 25 heavy (non-hydrogen) atoms. The molecule has 2 unspecified atom stereocenters. The summed E-state index contributed by atoms with van der Waals surface area (Å²) in [4.78, 5) is 15.8. The van der Waals surface area contributed by atoms with Crippen molar-refractivity contribution in [3.05, 3.63) is 35.4 Å². The van der Waals surface area contributed by atoms with Crippen LogP contribution < -0.4 is 16.4 Å². The van der Waals surface area contributed by atoms with Gasteiger partial charge in [0.05, 0.1) is 12.6 Å². The molecule has 1 heterocycles. The Labute approximate surface area is 150 Å². The van der Waals surface area contributed by atoms with Crippen molar-refractivity contribution in [1.29, 1.82) is 0 Å². The summed E-state index contributed by atoms with van der Waals surface area (Å²) < 4.78 is 5.66. The number of hydrogen-bond donors (Lipinski definition) is 3. The van der Waals surface area contributed by atoms with Crippen LogP contribution in [0.3, 0.4) is 0 Å². The van der Waals surface area contributed by atoms with Crippen LogP contribution in [0.4, 0.5) is 0 Å². The predicted molar refractivity (Wildman–Crippen MR) is 100 cm³/mol. The van der Waals surface area contributed by atoms with E-state index in [1.165, 1.54) is 11.1 Å². The Morgan fingerprint density at radius 3 is 2.68 bits per heavy atom. The second-order valence-corrected chi connectivity index (χ2v) is 6.54. The van der Waals surface area contributed by atoms with Crippen molar-refractivity contribution in [2.45, 2.75) is 58.3 Å². The summed E-state index contributed by atoms with van der Waals surface area (Å²) in [7, 11) is 0. The summed E-state index contributed by atoms with van der Waals surface area (Å²) in [5, 5.41) is 6.68. The molecule has 1 saturated heterocycles. The average Bonchev–Trinajstić information content (AvgIpc) is 3.08. The lowest BCUT2D eigenvalue weighted by Crippen LogP contribution is -2.42. The SMILES string of the molecule is CCCCNC(=NCc1ccc(C)cc1)NCC1CCC(C(N)=O)O1. The summed E-state index contributed by atoms with van der Waals surface area (Å²) in [6, 6.07) is 8.39. The van der Waals surface area contributed by atoms with Crippen molar-refractivity contribution < 1.29 is 9.53 Å². The third-order valence-electron chi connectivity index (χ3n) is 4.29. The van der Waals surface area contributed by atoms with Gasteiger partial charge < -0.3 is 21.1 Å². The van der Waals surface area contributed by atoms with Crippen LogP contribution in [-0.2, 0) is 16.1 Å². The molecule has 1 aliphatic heterocycles. The number of carbonyl (C=O) groups excluding carboxylic acids is 1. The Morgan fingerprint density at radius 1 is 1.28 bits per heavy atom. The van der Waals surface area contributed by atoms with Gasteiger partial charge in [-0.3, -0.25) is 4.79 Å². The highest BCUT2D eigenvalue weighted by Gasteiger charge is 2.28. The number of aryl methyl sites for hydroxylation is 1. The van der Waals surface area contributed by atoms with Gasteiger partial charge in [0.1, 0.15) is 6.10 Å². The summed E-state index contributed by atoms with van der Waals surface area (Å²) in [6.07, 6.45) is 3.30. The van der Waals surface area contributed by atoms with Gasteiger partial charge in [-0.25, -0.2) is 4.99 Å². The van der Waals surface area contributed by atoms with Gasteiger partial charge in [0, 0.05) is 13.1 Å². The number of hydrogen-bond acceptors (Lipinski definition) is 3. The van der Waals surface area contributed by atoms with Gasteiger partial charge in [-0.05, 0) is 31.7 Å². The topological polar surface area (TPSA) is 88.7 Å². The number of nitrogens with zero attached hydrogens (tertiary/aromatic N) is 1. The van der Waals surface area contributed by atoms with Crippen LogP contribution in [0.5, 0.6) is 0 Å². The highest BCUT2D eigenvalue weighted by molar-refractivity contribution is 5.80. The van der Waals surface area contributed by atoms with Gasteiger partial charge in [0.25, 0.3) is 0 Å². The van der Waals surface area contributed by atoms with Gasteiger partial charge in [0.2, 0.25) is 5.91 Å². The zero-order valence-corrected chi connectivity index (χ0v) is 15.3. The minimum absolute atomic E-state index is 0.00458. The first-order valence-corrected chi connectivity index (χ1v) is 9.11. The highest BCUT2D eigenvalue weighted by atomic mass is 16.5. The standard InChI is InChI=1S/C19H30N4O2/c1-3-4-11-21-19(22-12-15-7-5-14(2)6-8-15)23-13-16-9-10-17(25-16)18(20)24/h5-8,16-17H,3-4,9-13H2,1-2H3,(H2,20,24)(H2,21,22,23). The summed E-state index contributed by atoms with van der Waals surface area (Å²) in [6.45, 7) is 6.36. The number of aliphatic imine (C=N–C) groups is 1. The molecule has 138 valence electrons. The van der Waals surface area contributed by atoms with Crippen LogP contribution in [0.15, 0.2) is 29.3 Å². The monoisotopic (exact) mass is 346 g/mol. The fourth-order valence-corrected chi connectivity index (χ4v) is 2.70. The third kappa shape index (κ3) is 6.74. The predicted octanol–water partition coefficient (Wildman–Crippen LogP) is 1.86. The van der Waals surface area contributed by atoms with E-state index in [1.54, 1.807) is 0 Å². The minimum atomic E-state index is -0.451. The number of benzene rings is 1. The number of nitrogens with one attached hydrogen (secondary N) is 2. The molecule has 1 aromatic rings. The Morgan fingerprint density at radius 2 is 2.04 bits per heavy atom.